The normalized spacial score (nSPS) is 14.1. The number of piperidine rings is 1. The maximum atomic E-state index is 5.63. The number of hydrogen-bond donors (Lipinski definition) is 1. The summed E-state index contributed by atoms with van der Waals surface area (Å²) in [7, 11) is 1.83. The molecule has 0 amide bonds. The number of ether oxygens (including phenoxy) is 1. The summed E-state index contributed by atoms with van der Waals surface area (Å²) in [6.45, 7) is 6.46. The van der Waals surface area contributed by atoms with Crippen molar-refractivity contribution in [2.75, 3.05) is 48.6 Å². The summed E-state index contributed by atoms with van der Waals surface area (Å²) in [5.41, 5.74) is 4.23. The molecular formula is C25H31N5OP+. The Balaban J connectivity index is 0.000000567. The van der Waals surface area contributed by atoms with E-state index in [0.717, 1.165) is 41.7 Å². The second kappa shape index (κ2) is 10.0. The van der Waals surface area contributed by atoms with E-state index in [9.17, 15) is 0 Å². The van der Waals surface area contributed by atoms with Gasteiger partial charge in [-0.25, -0.2) is 4.98 Å². The molecule has 0 atom stereocenters. The topological polar surface area (TPSA) is 53.3 Å². The molecule has 0 bridgehead atoms. The van der Waals surface area contributed by atoms with E-state index in [1.807, 2.05) is 30.5 Å². The van der Waals surface area contributed by atoms with Crippen molar-refractivity contribution in [2.45, 2.75) is 19.3 Å². The van der Waals surface area contributed by atoms with Crippen molar-refractivity contribution < 1.29 is 4.74 Å². The Kier molecular flexibility index (Phi) is 6.91. The van der Waals surface area contributed by atoms with Crippen LogP contribution < -0.4 is 19.9 Å². The number of nitrogens with one attached hydrogen (secondary N) is 1. The zero-order chi connectivity index (χ0) is 22.5. The van der Waals surface area contributed by atoms with Gasteiger partial charge in [-0.1, -0.05) is 18.2 Å². The molecule has 1 fully saturated rings. The SMILES string of the molecule is C=[P+](C)C.COc1cc(N2CCCCC2)ccc1Nc1ncc2c(n1)N2c1ccccc1. The first-order valence-electron chi connectivity index (χ1n) is 11.0. The highest BCUT2D eigenvalue weighted by atomic mass is 31.1. The first-order valence-corrected chi connectivity index (χ1v) is 13.4. The van der Waals surface area contributed by atoms with Crippen LogP contribution in [0.25, 0.3) is 0 Å². The summed E-state index contributed by atoms with van der Waals surface area (Å²) in [4.78, 5) is 13.6. The zero-order valence-electron chi connectivity index (χ0n) is 19.1. The first kappa shape index (κ1) is 22.1. The van der Waals surface area contributed by atoms with Gasteiger partial charge < -0.3 is 15.0 Å². The maximum Gasteiger partial charge on any atom is 0.229 e. The number of aromatic nitrogens is 2. The van der Waals surface area contributed by atoms with Crippen molar-refractivity contribution in [3.63, 3.8) is 0 Å². The standard InChI is InChI=1S/C22H23N5O.C3H8P/c1-28-20-14-17(26-12-6-3-7-13-26)10-11-18(20)24-22-23-15-19-21(25-22)27(19)16-8-4-2-5-9-16;1-4(2)3/h2,4-5,8-11,14-15H,3,6-7,12-13H2,1H3,(H,23,24,25);1H2,2-3H3/q;+1. The largest absolute Gasteiger partial charge is 0.494 e. The van der Waals surface area contributed by atoms with Crippen LogP contribution in [-0.2, 0) is 0 Å². The Bertz CT molecular complexity index is 1080. The molecule has 2 aliphatic heterocycles. The molecule has 2 aromatic carbocycles. The molecule has 0 aliphatic carbocycles. The minimum Gasteiger partial charge on any atom is -0.494 e. The van der Waals surface area contributed by atoms with Crippen molar-refractivity contribution in [1.29, 1.82) is 0 Å². The van der Waals surface area contributed by atoms with Gasteiger partial charge in [0.1, 0.15) is 11.4 Å². The van der Waals surface area contributed by atoms with Gasteiger partial charge in [0.25, 0.3) is 0 Å². The highest BCUT2D eigenvalue weighted by Crippen LogP contribution is 2.51. The summed E-state index contributed by atoms with van der Waals surface area (Å²) < 4.78 is 5.63. The van der Waals surface area contributed by atoms with Crippen molar-refractivity contribution in [3.05, 3.63) is 54.7 Å². The smallest absolute Gasteiger partial charge is 0.229 e. The number of nitrogens with zero attached hydrogens (tertiary/aromatic N) is 4. The van der Waals surface area contributed by atoms with Crippen molar-refractivity contribution in [2.24, 2.45) is 0 Å². The number of anilines is 6. The average Bonchev–Trinajstić information content (AvgIpc) is 3.53. The summed E-state index contributed by atoms with van der Waals surface area (Å²) in [5.74, 6) is 2.31. The number of hydrogen-bond acceptors (Lipinski definition) is 6. The number of methoxy groups -OCH3 is 1. The molecule has 7 heteroatoms. The molecule has 0 saturated carbocycles. The van der Waals surface area contributed by atoms with Gasteiger partial charge in [-0.3, -0.25) is 4.90 Å². The van der Waals surface area contributed by atoms with E-state index in [2.05, 4.69) is 69.0 Å². The maximum absolute atomic E-state index is 5.63. The monoisotopic (exact) mass is 448 g/mol. The molecule has 0 radical (unpaired) electrons. The molecule has 6 nitrogen and oxygen atoms in total. The molecule has 5 rings (SSSR count). The summed E-state index contributed by atoms with van der Waals surface area (Å²) in [6, 6.07) is 16.5. The molecule has 0 spiro atoms. The lowest BCUT2D eigenvalue weighted by molar-refractivity contribution is 0.416. The van der Waals surface area contributed by atoms with E-state index < -0.39 is 0 Å². The predicted octanol–water partition coefficient (Wildman–Crippen LogP) is 6.16. The lowest BCUT2D eigenvalue weighted by Crippen LogP contribution is -2.29. The Labute approximate surface area is 191 Å². The lowest BCUT2D eigenvalue weighted by Gasteiger charge is -2.29. The van der Waals surface area contributed by atoms with Crippen LogP contribution in [0, 0.1) is 0 Å². The van der Waals surface area contributed by atoms with Gasteiger partial charge in [0.2, 0.25) is 5.95 Å². The van der Waals surface area contributed by atoms with E-state index in [-0.39, 0.29) is 7.55 Å². The summed E-state index contributed by atoms with van der Waals surface area (Å²) in [5, 5.41) is 3.31. The fourth-order valence-corrected chi connectivity index (χ4v) is 3.79. The van der Waals surface area contributed by atoms with E-state index >= 15 is 0 Å². The third-order valence-electron chi connectivity index (χ3n) is 5.32. The molecule has 166 valence electrons. The van der Waals surface area contributed by atoms with Gasteiger partial charge >= 0.3 is 0 Å². The van der Waals surface area contributed by atoms with Crippen LogP contribution in [0.5, 0.6) is 5.75 Å². The second-order valence-corrected chi connectivity index (χ2v) is 10.4. The number of rotatable bonds is 5. The van der Waals surface area contributed by atoms with E-state index in [1.54, 1.807) is 7.11 Å². The van der Waals surface area contributed by atoms with E-state index in [0.29, 0.717) is 5.95 Å². The number of fused-ring (bicyclic) bond motifs is 1. The van der Waals surface area contributed by atoms with Crippen molar-refractivity contribution in [3.8, 4) is 5.75 Å². The molecule has 2 aliphatic rings. The molecule has 0 unspecified atom stereocenters. The molecule has 3 aromatic rings. The van der Waals surface area contributed by atoms with Gasteiger partial charge in [-0.15, -0.1) is 0 Å². The summed E-state index contributed by atoms with van der Waals surface area (Å²) >= 11 is 0. The fraction of sp³-hybridized carbons (Fsp3) is 0.320. The Hall–Kier alpha value is -3.11. The number of benzene rings is 2. The van der Waals surface area contributed by atoms with Crippen LogP contribution >= 0.6 is 7.55 Å². The van der Waals surface area contributed by atoms with Crippen LogP contribution in [0.4, 0.5) is 34.5 Å². The molecule has 1 saturated heterocycles. The second-order valence-electron chi connectivity index (χ2n) is 8.21. The van der Waals surface area contributed by atoms with Crippen LogP contribution in [0.1, 0.15) is 19.3 Å². The molecular weight excluding hydrogens is 417 g/mol. The van der Waals surface area contributed by atoms with Crippen LogP contribution in [0.3, 0.4) is 0 Å². The summed E-state index contributed by atoms with van der Waals surface area (Å²) in [6.07, 6.45) is 9.39. The predicted molar refractivity (Wildman–Crippen MR) is 139 cm³/mol. The van der Waals surface area contributed by atoms with Crippen LogP contribution in [0.2, 0.25) is 0 Å². The average molecular weight is 449 g/mol. The van der Waals surface area contributed by atoms with Crippen molar-refractivity contribution in [1.82, 2.24) is 9.97 Å². The minimum atomic E-state index is 0.130. The third kappa shape index (κ3) is 5.20. The van der Waals surface area contributed by atoms with Gasteiger partial charge in [0.15, 0.2) is 5.82 Å². The molecule has 32 heavy (non-hydrogen) atoms. The third-order valence-corrected chi connectivity index (χ3v) is 5.32. The minimum absolute atomic E-state index is 0.130. The number of para-hydroxylation sites is 1. The fourth-order valence-electron chi connectivity index (χ4n) is 3.79. The van der Waals surface area contributed by atoms with Crippen LogP contribution in [-0.4, -0.2) is 49.8 Å². The van der Waals surface area contributed by atoms with E-state index in [1.165, 1.54) is 24.9 Å². The van der Waals surface area contributed by atoms with Crippen molar-refractivity contribution >= 4 is 48.4 Å². The Morgan fingerprint density at radius 2 is 1.72 bits per heavy atom. The highest BCUT2D eigenvalue weighted by Gasteiger charge is 2.33. The molecule has 1 aromatic heterocycles. The van der Waals surface area contributed by atoms with Gasteiger partial charge in [0, 0.05) is 30.5 Å². The Morgan fingerprint density at radius 1 is 1.00 bits per heavy atom. The Morgan fingerprint density at radius 3 is 2.41 bits per heavy atom. The van der Waals surface area contributed by atoms with Crippen LogP contribution in [0.15, 0.2) is 54.7 Å². The van der Waals surface area contributed by atoms with Gasteiger partial charge in [-0.2, -0.15) is 4.98 Å². The quantitative estimate of drug-likeness (QED) is 0.291. The van der Waals surface area contributed by atoms with Gasteiger partial charge in [-0.05, 0) is 43.5 Å². The first-order chi connectivity index (χ1) is 15.6. The molecule has 3 heterocycles. The molecule has 1 N–H and O–H groups in total. The van der Waals surface area contributed by atoms with E-state index in [4.69, 9.17) is 4.74 Å². The van der Waals surface area contributed by atoms with Gasteiger partial charge in [0.05, 0.1) is 46.2 Å². The highest BCUT2D eigenvalue weighted by molar-refractivity contribution is 7.54. The zero-order valence-corrected chi connectivity index (χ0v) is 20.0. The lowest BCUT2D eigenvalue weighted by atomic mass is 10.1.